The Morgan fingerprint density at radius 3 is 2.55 bits per heavy atom. The van der Waals surface area contributed by atoms with Crippen molar-refractivity contribution in [1.82, 2.24) is 9.97 Å². The molecule has 0 bridgehead atoms. The molecule has 0 saturated heterocycles. The van der Waals surface area contributed by atoms with Crippen LogP contribution in [-0.2, 0) is 14.8 Å². The van der Waals surface area contributed by atoms with Gasteiger partial charge >= 0.3 is 0 Å². The molecule has 11 heteroatoms. The van der Waals surface area contributed by atoms with Gasteiger partial charge in [-0.25, -0.2) is 23.5 Å². The van der Waals surface area contributed by atoms with Crippen molar-refractivity contribution in [3.8, 4) is 10.4 Å². The van der Waals surface area contributed by atoms with Crippen molar-refractivity contribution in [1.29, 1.82) is 0 Å². The lowest BCUT2D eigenvalue weighted by Crippen LogP contribution is -2.22. The molecule has 4 aromatic rings. The number of thiophene rings is 2. The Morgan fingerprint density at radius 2 is 1.90 bits per heavy atom. The summed E-state index contributed by atoms with van der Waals surface area (Å²) >= 11 is 4.58. The molecular weight excluding hydrogens is 473 g/mol. The maximum absolute atomic E-state index is 12.8. The molecule has 1 atom stereocenters. The van der Waals surface area contributed by atoms with Crippen molar-refractivity contribution in [3.63, 3.8) is 0 Å². The molecule has 3 heterocycles. The van der Waals surface area contributed by atoms with Gasteiger partial charge in [0.15, 0.2) is 0 Å². The van der Waals surface area contributed by atoms with Crippen molar-refractivity contribution in [3.05, 3.63) is 53.0 Å². The van der Waals surface area contributed by atoms with Crippen LogP contribution in [0.1, 0.15) is 12.7 Å². The molecule has 0 radical (unpaired) electrons. The average molecular weight is 491 g/mol. The van der Waals surface area contributed by atoms with E-state index in [1.54, 1.807) is 29.6 Å². The number of fused-ring (bicyclic) bond motifs is 1. The minimum atomic E-state index is -3.78. The van der Waals surface area contributed by atoms with Crippen LogP contribution in [-0.4, -0.2) is 29.5 Å². The number of nitrogens with two attached hydrogens (primary N) is 1. The Bertz CT molecular complexity index is 1350. The van der Waals surface area contributed by atoms with Crippen LogP contribution < -0.4 is 10.5 Å². The number of hydrogen-bond donors (Lipinski definition) is 2. The molecule has 31 heavy (non-hydrogen) atoms. The van der Waals surface area contributed by atoms with E-state index in [1.165, 1.54) is 36.0 Å². The Labute approximate surface area is 191 Å². The Balaban J connectivity index is 1.57. The summed E-state index contributed by atoms with van der Waals surface area (Å²) in [6.07, 6.45) is 0. The van der Waals surface area contributed by atoms with Crippen molar-refractivity contribution < 1.29 is 13.2 Å². The minimum absolute atomic E-state index is 0.00894. The summed E-state index contributed by atoms with van der Waals surface area (Å²) in [5, 5.41) is 13.3. The molecule has 3 N–H and O–H groups in total. The third-order valence-electron chi connectivity index (χ3n) is 4.41. The fourth-order valence-electron chi connectivity index (χ4n) is 2.90. The van der Waals surface area contributed by atoms with Gasteiger partial charge in [-0.3, -0.25) is 4.79 Å². The summed E-state index contributed by atoms with van der Waals surface area (Å²) in [5.41, 5.74) is 1.56. The fraction of sp³-hybridized carbons (Fsp3) is 0.150. The van der Waals surface area contributed by atoms with Crippen LogP contribution in [0.5, 0.6) is 0 Å². The van der Waals surface area contributed by atoms with Crippen molar-refractivity contribution in [2.24, 2.45) is 5.14 Å². The number of thioether (sulfide) groups is 1. The highest BCUT2D eigenvalue weighted by molar-refractivity contribution is 8.00. The molecular formula is C20H18N4O3S4. The third-order valence-corrected chi connectivity index (χ3v) is 8.20. The molecule has 160 valence electrons. The highest BCUT2D eigenvalue weighted by Gasteiger charge is 2.21. The lowest BCUT2D eigenvalue weighted by Gasteiger charge is -2.13. The van der Waals surface area contributed by atoms with Crippen molar-refractivity contribution >= 4 is 66.3 Å². The second kappa shape index (κ2) is 8.67. The van der Waals surface area contributed by atoms with Gasteiger partial charge in [-0.2, -0.15) is 0 Å². The number of aromatic nitrogens is 2. The highest BCUT2D eigenvalue weighted by atomic mass is 32.2. The van der Waals surface area contributed by atoms with Crippen LogP contribution in [0.4, 0.5) is 5.69 Å². The Morgan fingerprint density at radius 1 is 1.16 bits per heavy atom. The van der Waals surface area contributed by atoms with E-state index in [-0.39, 0.29) is 10.8 Å². The van der Waals surface area contributed by atoms with E-state index < -0.39 is 15.3 Å². The van der Waals surface area contributed by atoms with Gasteiger partial charge in [0.1, 0.15) is 15.7 Å². The predicted octanol–water partition coefficient (Wildman–Crippen LogP) is 4.49. The number of carbonyl (C=O) groups excluding carboxylic acids is 1. The van der Waals surface area contributed by atoms with Crippen LogP contribution >= 0.6 is 34.4 Å². The smallest absolute Gasteiger partial charge is 0.238 e. The molecule has 0 saturated carbocycles. The quantitative estimate of drug-likeness (QED) is 0.304. The molecule has 0 aliphatic rings. The summed E-state index contributed by atoms with van der Waals surface area (Å²) < 4.78 is 22.8. The number of nitrogens with one attached hydrogen (secondary N) is 1. The van der Waals surface area contributed by atoms with Gasteiger partial charge in [-0.05, 0) is 49.6 Å². The number of aryl methyl sites for hydroxylation is 1. The van der Waals surface area contributed by atoms with Crippen LogP contribution in [0.15, 0.2) is 57.1 Å². The zero-order valence-electron chi connectivity index (χ0n) is 16.5. The normalized spacial score (nSPS) is 12.7. The van der Waals surface area contributed by atoms with Gasteiger partial charge in [0.05, 0.1) is 15.5 Å². The van der Waals surface area contributed by atoms with E-state index in [9.17, 15) is 13.2 Å². The second-order valence-electron chi connectivity index (χ2n) is 6.70. The summed E-state index contributed by atoms with van der Waals surface area (Å²) in [6.45, 7) is 3.64. The zero-order valence-corrected chi connectivity index (χ0v) is 19.8. The van der Waals surface area contributed by atoms with E-state index in [4.69, 9.17) is 5.14 Å². The maximum Gasteiger partial charge on any atom is 0.238 e. The van der Waals surface area contributed by atoms with E-state index in [0.717, 1.165) is 25.7 Å². The molecule has 3 aromatic heterocycles. The number of rotatable bonds is 6. The third kappa shape index (κ3) is 4.80. The number of anilines is 1. The molecule has 7 nitrogen and oxygen atoms in total. The van der Waals surface area contributed by atoms with Crippen molar-refractivity contribution in [2.45, 2.75) is 29.0 Å². The number of carbonyl (C=O) groups is 1. The lowest BCUT2D eigenvalue weighted by atomic mass is 10.2. The number of sulfonamides is 1. The molecule has 1 aromatic carbocycles. The van der Waals surface area contributed by atoms with Gasteiger partial charge in [-0.15, -0.1) is 22.7 Å². The number of nitrogens with zero attached hydrogens (tertiary/aromatic N) is 2. The van der Waals surface area contributed by atoms with Crippen LogP contribution in [0.25, 0.3) is 20.7 Å². The van der Waals surface area contributed by atoms with E-state index in [1.807, 2.05) is 18.4 Å². The average Bonchev–Trinajstić information content (AvgIpc) is 3.37. The first-order valence-corrected chi connectivity index (χ1v) is 13.3. The van der Waals surface area contributed by atoms with Gasteiger partial charge < -0.3 is 5.32 Å². The minimum Gasteiger partial charge on any atom is -0.325 e. The maximum atomic E-state index is 12.8. The van der Waals surface area contributed by atoms with Crippen LogP contribution in [0.2, 0.25) is 0 Å². The lowest BCUT2D eigenvalue weighted by molar-refractivity contribution is -0.115. The van der Waals surface area contributed by atoms with Gasteiger partial charge in [-0.1, -0.05) is 17.8 Å². The van der Waals surface area contributed by atoms with E-state index in [0.29, 0.717) is 11.5 Å². The molecule has 0 spiro atoms. The number of hydrogen-bond acceptors (Lipinski definition) is 8. The monoisotopic (exact) mass is 490 g/mol. The summed E-state index contributed by atoms with van der Waals surface area (Å²) in [4.78, 5) is 23.9. The first-order valence-electron chi connectivity index (χ1n) is 9.12. The van der Waals surface area contributed by atoms with Gasteiger partial charge in [0.2, 0.25) is 15.9 Å². The SMILES string of the molecule is Cc1nc(S[C@@H](C)C(=O)Nc2ccc(S(N)(=O)=O)cc2)c2c(-c3cccs3)csc2n1. The Kier molecular flexibility index (Phi) is 6.13. The number of benzene rings is 1. The van der Waals surface area contributed by atoms with E-state index in [2.05, 4.69) is 26.7 Å². The first kappa shape index (κ1) is 21.9. The topological polar surface area (TPSA) is 115 Å². The molecule has 1 amide bonds. The summed E-state index contributed by atoms with van der Waals surface area (Å²) in [7, 11) is -3.78. The van der Waals surface area contributed by atoms with Crippen LogP contribution in [0, 0.1) is 6.92 Å². The summed E-state index contributed by atoms with van der Waals surface area (Å²) in [6, 6.07) is 9.80. The first-order chi connectivity index (χ1) is 14.7. The standard InChI is InChI=1S/C20H18N4O3S4/c1-11(18(25)24-13-5-7-14(8-6-13)31(21,26)27)30-20-17-15(16-4-3-9-28-16)10-29-19(17)22-12(2)23-20/h3-11H,1-2H3,(H,24,25)(H2,21,26,27)/t11-/m0/s1. The van der Waals surface area contributed by atoms with Crippen molar-refractivity contribution in [2.75, 3.05) is 5.32 Å². The molecule has 0 unspecified atom stereocenters. The van der Waals surface area contributed by atoms with E-state index >= 15 is 0 Å². The highest BCUT2D eigenvalue weighted by Crippen LogP contribution is 2.41. The predicted molar refractivity (Wildman–Crippen MR) is 127 cm³/mol. The summed E-state index contributed by atoms with van der Waals surface area (Å²) in [5.74, 6) is 0.437. The zero-order chi connectivity index (χ0) is 22.2. The number of primary sulfonamides is 1. The van der Waals surface area contributed by atoms with Gasteiger partial charge in [0.25, 0.3) is 0 Å². The molecule has 4 rings (SSSR count). The molecule has 0 aliphatic heterocycles. The number of amides is 1. The fourth-order valence-corrected chi connectivity index (χ4v) is 6.30. The molecule has 0 aliphatic carbocycles. The largest absolute Gasteiger partial charge is 0.325 e. The Hall–Kier alpha value is -2.31. The second-order valence-corrected chi connectivity index (χ2v) is 11.4. The molecule has 0 fully saturated rings. The van der Waals surface area contributed by atoms with Crippen LogP contribution in [0.3, 0.4) is 0 Å². The van der Waals surface area contributed by atoms with Gasteiger partial charge in [0, 0.05) is 21.5 Å².